The van der Waals surface area contributed by atoms with Gasteiger partial charge in [0, 0.05) is 0 Å². The SMILES string of the molecule is Cc1ccc(S(=O)(=O)N(C(=O)C(C)Br)[C@H](C)c2ccccc2)cc1. The van der Waals surface area contributed by atoms with Crippen LogP contribution in [0.4, 0.5) is 0 Å². The maximum atomic E-state index is 13.1. The van der Waals surface area contributed by atoms with E-state index in [0.29, 0.717) is 0 Å². The van der Waals surface area contributed by atoms with E-state index >= 15 is 0 Å². The van der Waals surface area contributed by atoms with Gasteiger partial charge in [-0.25, -0.2) is 12.7 Å². The molecule has 2 rings (SSSR count). The molecule has 1 unspecified atom stereocenters. The Morgan fingerprint density at radius 3 is 2.04 bits per heavy atom. The fraction of sp³-hybridized carbons (Fsp3) is 0.278. The molecule has 0 aliphatic rings. The van der Waals surface area contributed by atoms with Crippen LogP contribution >= 0.6 is 15.9 Å². The molecule has 24 heavy (non-hydrogen) atoms. The maximum absolute atomic E-state index is 13.1. The second-order valence-electron chi connectivity index (χ2n) is 5.65. The van der Waals surface area contributed by atoms with Crippen molar-refractivity contribution in [2.24, 2.45) is 0 Å². The summed E-state index contributed by atoms with van der Waals surface area (Å²) in [6, 6.07) is 15.0. The van der Waals surface area contributed by atoms with Gasteiger partial charge in [0.2, 0.25) is 5.91 Å². The van der Waals surface area contributed by atoms with E-state index in [1.165, 1.54) is 12.1 Å². The predicted octanol–water partition coefficient (Wildman–Crippen LogP) is 4.06. The van der Waals surface area contributed by atoms with Gasteiger partial charge < -0.3 is 0 Å². The number of hydrogen-bond donors (Lipinski definition) is 0. The van der Waals surface area contributed by atoms with Gasteiger partial charge in [0.25, 0.3) is 10.0 Å². The summed E-state index contributed by atoms with van der Waals surface area (Å²) in [4.78, 5) is 12.1. The summed E-state index contributed by atoms with van der Waals surface area (Å²) in [7, 11) is -3.96. The third-order valence-electron chi connectivity index (χ3n) is 3.77. The largest absolute Gasteiger partial charge is 0.272 e. The molecule has 0 aromatic heterocycles. The number of carbonyl (C=O) groups excluding carboxylic acids is 1. The number of nitrogens with zero attached hydrogens (tertiary/aromatic N) is 1. The lowest BCUT2D eigenvalue weighted by Gasteiger charge is -2.30. The molecular formula is C18H20BrNO3S. The minimum Gasteiger partial charge on any atom is -0.272 e. The molecule has 0 saturated heterocycles. The molecule has 0 radical (unpaired) electrons. The molecule has 2 aromatic rings. The standard InChI is InChI=1S/C18H20BrNO3S/c1-13-9-11-17(12-10-13)24(22,23)20(18(21)14(2)19)15(3)16-7-5-4-6-8-16/h4-12,14-15H,1-3H3/t14?,15-/m1/s1. The Labute approximate surface area is 151 Å². The Balaban J connectivity index is 2.54. The fourth-order valence-electron chi connectivity index (χ4n) is 2.38. The first-order valence-corrected chi connectivity index (χ1v) is 9.94. The van der Waals surface area contributed by atoms with E-state index in [1.54, 1.807) is 26.0 Å². The maximum Gasteiger partial charge on any atom is 0.267 e. The number of aryl methyl sites for hydroxylation is 1. The molecule has 0 fully saturated rings. The highest BCUT2D eigenvalue weighted by Gasteiger charge is 2.35. The zero-order valence-corrected chi connectivity index (χ0v) is 16.2. The van der Waals surface area contributed by atoms with Crippen molar-refractivity contribution >= 4 is 31.9 Å². The second kappa shape index (κ2) is 7.49. The summed E-state index contributed by atoms with van der Waals surface area (Å²) < 4.78 is 27.1. The fourth-order valence-corrected chi connectivity index (χ4v) is 4.38. The summed E-state index contributed by atoms with van der Waals surface area (Å²) in [5.41, 5.74) is 1.71. The quantitative estimate of drug-likeness (QED) is 0.699. The van der Waals surface area contributed by atoms with Crippen LogP contribution in [0.3, 0.4) is 0 Å². The molecule has 2 aromatic carbocycles. The minimum atomic E-state index is -3.96. The normalized spacial score (nSPS) is 14.0. The van der Waals surface area contributed by atoms with E-state index < -0.39 is 26.8 Å². The molecule has 0 aliphatic heterocycles. The summed E-state index contributed by atoms with van der Waals surface area (Å²) >= 11 is 3.20. The number of alkyl halides is 1. The smallest absolute Gasteiger partial charge is 0.267 e. The first kappa shape index (κ1) is 18.7. The van der Waals surface area contributed by atoms with Gasteiger partial charge in [0.15, 0.2) is 0 Å². The Kier molecular flexibility index (Phi) is 5.83. The predicted molar refractivity (Wildman–Crippen MR) is 98.5 cm³/mol. The van der Waals surface area contributed by atoms with Crippen molar-refractivity contribution in [3.05, 3.63) is 65.7 Å². The van der Waals surface area contributed by atoms with E-state index in [2.05, 4.69) is 15.9 Å². The highest BCUT2D eigenvalue weighted by Crippen LogP contribution is 2.29. The van der Waals surface area contributed by atoms with E-state index in [1.807, 2.05) is 37.3 Å². The molecule has 0 N–H and O–H groups in total. The summed E-state index contributed by atoms with van der Waals surface area (Å²) in [5.74, 6) is -0.494. The number of halogens is 1. The van der Waals surface area contributed by atoms with Crippen molar-refractivity contribution < 1.29 is 13.2 Å². The van der Waals surface area contributed by atoms with Gasteiger partial charge >= 0.3 is 0 Å². The van der Waals surface area contributed by atoms with E-state index in [0.717, 1.165) is 15.4 Å². The molecule has 0 spiro atoms. The minimum absolute atomic E-state index is 0.109. The third kappa shape index (κ3) is 3.87. The van der Waals surface area contributed by atoms with Gasteiger partial charge in [-0.05, 0) is 38.5 Å². The van der Waals surface area contributed by atoms with Crippen LogP contribution in [-0.2, 0) is 14.8 Å². The van der Waals surface area contributed by atoms with Crippen molar-refractivity contribution in [1.29, 1.82) is 0 Å². The molecule has 1 amide bonds. The molecule has 0 heterocycles. The van der Waals surface area contributed by atoms with Gasteiger partial charge in [-0.2, -0.15) is 0 Å². The number of hydrogen-bond acceptors (Lipinski definition) is 3. The van der Waals surface area contributed by atoms with Gasteiger partial charge in [-0.3, -0.25) is 4.79 Å². The first-order chi connectivity index (χ1) is 11.2. The second-order valence-corrected chi connectivity index (χ2v) is 8.84. The highest BCUT2D eigenvalue weighted by molar-refractivity contribution is 9.10. The van der Waals surface area contributed by atoms with Gasteiger partial charge in [-0.15, -0.1) is 0 Å². The number of rotatable bonds is 5. The lowest BCUT2D eigenvalue weighted by molar-refractivity contribution is -0.126. The Hall–Kier alpha value is -1.66. The average Bonchev–Trinajstić information content (AvgIpc) is 2.55. The van der Waals surface area contributed by atoms with Crippen molar-refractivity contribution in [3.63, 3.8) is 0 Å². The van der Waals surface area contributed by atoms with Crippen molar-refractivity contribution in [1.82, 2.24) is 4.31 Å². The topological polar surface area (TPSA) is 54.5 Å². The Morgan fingerprint density at radius 1 is 1.00 bits per heavy atom. The van der Waals surface area contributed by atoms with Gasteiger partial charge in [-0.1, -0.05) is 64.0 Å². The van der Waals surface area contributed by atoms with Gasteiger partial charge in [0.05, 0.1) is 15.8 Å². The van der Waals surface area contributed by atoms with Crippen LogP contribution in [0.5, 0.6) is 0 Å². The average molecular weight is 410 g/mol. The monoisotopic (exact) mass is 409 g/mol. The van der Waals surface area contributed by atoms with Crippen molar-refractivity contribution in [2.75, 3.05) is 0 Å². The zero-order valence-electron chi connectivity index (χ0n) is 13.8. The molecule has 0 saturated carbocycles. The number of carbonyl (C=O) groups is 1. The van der Waals surface area contributed by atoms with Gasteiger partial charge in [0.1, 0.15) is 0 Å². The molecule has 0 bridgehead atoms. The van der Waals surface area contributed by atoms with Crippen LogP contribution in [0, 0.1) is 6.92 Å². The first-order valence-electron chi connectivity index (χ1n) is 7.59. The molecule has 128 valence electrons. The number of amides is 1. The van der Waals surface area contributed by atoms with Crippen molar-refractivity contribution in [2.45, 2.75) is 36.5 Å². The van der Waals surface area contributed by atoms with Crippen molar-refractivity contribution in [3.8, 4) is 0 Å². The molecule has 2 atom stereocenters. The van der Waals surface area contributed by atoms with Crippen LogP contribution in [0.1, 0.15) is 31.0 Å². The number of benzene rings is 2. The Bertz CT molecular complexity index is 802. The summed E-state index contributed by atoms with van der Waals surface area (Å²) in [5, 5.41) is 0. The lowest BCUT2D eigenvalue weighted by atomic mass is 10.1. The summed E-state index contributed by atoms with van der Waals surface area (Å²) in [6.45, 7) is 5.22. The third-order valence-corrected chi connectivity index (χ3v) is 6.04. The van der Waals surface area contributed by atoms with E-state index in [-0.39, 0.29) is 4.90 Å². The lowest BCUT2D eigenvalue weighted by Crippen LogP contribution is -2.42. The zero-order chi connectivity index (χ0) is 17.9. The summed E-state index contributed by atoms with van der Waals surface area (Å²) in [6.07, 6.45) is 0. The molecule has 0 aliphatic carbocycles. The molecule has 6 heteroatoms. The highest BCUT2D eigenvalue weighted by atomic mass is 79.9. The molecule has 4 nitrogen and oxygen atoms in total. The van der Waals surface area contributed by atoms with Crippen LogP contribution in [0.25, 0.3) is 0 Å². The Morgan fingerprint density at radius 2 is 1.54 bits per heavy atom. The number of sulfonamides is 1. The molecular weight excluding hydrogens is 390 g/mol. The van der Waals surface area contributed by atoms with Crippen LogP contribution in [0.15, 0.2) is 59.5 Å². The van der Waals surface area contributed by atoms with E-state index in [4.69, 9.17) is 0 Å². The van der Waals surface area contributed by atoms with E-state index in [9.17, 15) is 13.2 Å². The van der Waals surface area contributed by atoms with Crippen LogP contribution in [-0.4, -0.2) is 23.5 Å². The van der Waals surface area contributed by atoms with Crippen LogP contribution in [0.2, 0.25) is 0 Å². The van der Waals surface area contributed by atoms with Crippen LogP contribution < -0.4 is 0 Å².